The number of aromatic nitrogens is 1. The first-order chi connectivity index (χ1) is 15.0. The molecule has 0 unspecified atom stereocenters. The molecule has 0 aliphatic carbocycles. The molecule has 0 saturated heterocycles. The van der Waals surface area contributed by atoms with E-state index in [1.54, 1.807) is 62.8 Å². The molecule has 162 valence electrons. The Morgan fingerprint density at radius 3 is 2.29 bits per heavy atom. The largest absolute Gasteiger partial charge is 0.497 e. The zero-order valence-corrected chi connectivity index (χ0v) is 17.8. The summed E-state index contributed by atoms with van der Waals surface area (Å²) in [5.41, 5.74) is 6.55. The highest BCUT2D eigenvalue weighted by atomic mass is 32.1. The Hall–Kier alpha value is -3.63. The summed E-state index contributed by atoms with van der Waals surface area (Å²) in [4.78, 5) is 28.6. The Morgan fingerprint density at radius 2 is 1.68 bits per heavy atom. The van der Waals surface area contributed by atoms with Crippen LogP contribution in [0.1, 0.15) is 20.8 Å². The molecule has 0 aliphatic heterocycles. The third-order valence-electron chi connectivity index (χ3n) is 4.10. The molecule has 1 heterocycles. The minimum absolute atomic E-state index is 0.0196. The van der Waals surface area contributed by atoms with Gasteiger partial charge in [0.05, 0.1) is 13.7 Å². The van der Waals surface area contributed by atoms with Crippen molar-refractivity contribution in [3.63, 3.8) is 0 Å². The van der Waals surface area contributed by atoms with Crippen LogP contribution in [0.3, 0.4) is 0 Å². The van der Waals surface area contributed by atoms with Crippen molar-refractivity contribution in [2.45, 2.75) is 0 Å². The molecular weight excluding hydrogens is 420 g/mol. The Morgan fingerprint density at radius 1 is 1.00 bits per heavy atom. The van der Waals surface area contributed by atoms with Crippen molar-refractivity contribution >= 4 is 39.0 Å². The number of hydrogen-bond donors (Lipinski definition) is 3. The van der Waals surface area contributed by atoms with Crippen molar-refractivity contribution in [1.29, 1.82) is 0 Å². The number of ether oxygens (including phenoxy) is 3. The molecule has 9 nitrogen and oxygen atoms in total. The number of hydrogen-bond acceptors (Lipinski definition) is 8. The van der Waals surface area contributed by atoms with E-state index in [1.165, 1.54) is 0 Å². The van der Waals surface area contributed by atoms with E-state index >= 15 is 0 Å². The highest BCUT2D eigenvalue weighted by molar-refractivity contribution is 7.20. The Labute approximate surface area is 183 Å². The van der Waals surface area contributed by atoms with Gasteiger partial charge in [-0.1, -0.05) is 11.3 Å². The van der Waals surface area contributed by atoms with Gasteiger partial charge in [-0.15, -0.1) is 0 Å². The molecule has 10 heteroatoms. The van der Waals surface area contributed by atoms with Crippen LogP contribution in [0.25, 0.3) is 0 Å². The van der Waals surface area contributed by atoms with Crippen molar-refractivity contribution in [3.8, 4) is 11.5 Å². The smallest absolute Gasteiger partial charge is 0.270 e. The van der Waals surface area contributed by atoms with E-state index < -0.39 is 11.8 Å². The van der Waals surface area contributed by atoms with Gasteiger partial charge in [0, 0.05) is 18.4 Å². The summed E-state index contributed by atoms with van der Waals surface area (Å²) in [5.74, 6) is 0.197. The number of nitrogens with two attached hydrogens (primary N) is 1. The van der Waals surface area contributed by atoms with Crippen molar-refractivity contribution in [2.24, 2.45) is 5.73 Å². The molecule has 0 radical (unpaired) electrons. The molecule has 0 spiro atoms. The lowest BCUT2D eigenvalue weighted by Gasteiger charge is -2.07. The maximum Gasteiger partial charge on any atom is 0.270 e. The third kappa shape index (κ3) is 5.93. The van der Waals surface area contributed by atoms with Crippen molar-refractivity contribution in [2.75, 3.05) is 38.1 Å². The van der Waals surface area contributed by atoms with Gasteiger partial charge in [0.2, 0.25) is 0 Å². The first kappa shape index (κ1) is 22.1. The van der Waals surface area contributed by atoms with Crippen LogP contribution in [0.2, 0.25) is 0 Å². The van der Waals surface area contributed by atoms with Crippen LogP contribution in [0.4, 0.5) is 15.8 Å². The average Bonchev–Trinajstić information content (AvgIpc) is 3.17. The fourth-order valence-corrected chi connectivity index (χ4v) is 3.43. The second-order valence-corrected chi connectivity index (χ2v) is 7.23. The maximum atomic E-state index is 12.6. The van der Waals surface area contributed by atoms with Gasteiger partial charge in [0.1, 0.15) is 23.1 Å². The van der Waals surface area contributed by atoms with Crippen LogP contribution < -0.4 is 25.8 Å². The number of carbonyl (C=O) groups is 2. The number of nitrogens with zero attached hydrogens (tertiary/aromatic N) is 1. The van der Waals surface area contributed by atoms with Crippen molar-refractivity contribution in [3.05, 3.63) is 59.8 Å². The average molecular weight is 442 g/mol. The Kier molecular flexibility index (Phi) is 7.41. The summed E-state index contributed by atoms with van der Waals surface area (Å²) in [6.45, 7) is 0.880. The van der Waals surface area contributed by atoms with Crippen LogP contribution in [0.5, 0.6) is 11.5 Å². The van der Waals surface area contributed by atoms with Gasteiger partial charge in [-0.3, -0.25) is 9.59 Å². The van der Waals surface area contributed by atoms with E-state index in [2.05, 4.69) is 15.6 Å². The minimum Gasteiger partial charge on any atom is -0.497 e. The fraction of sp³-hybridized carbons (Fsp3) is 0.190. The van der Waals surface area contributed by atoms with Crippen LogP contribution in [0.15, 0.2) is 48.5 Å². The highest BCUT2D eigenvalue weighted by Gasteiger charge is 2.19. The standard InChI is InChI=1S/C21H22N4O5S/c1-28-11-12-30-16-7-3-13(4-8-16)19(27)25-20-17(18(22)26)24-21(31-20)23-14-5-9-15(29-2)10-6-14/h3-10H,11-12H2,1-2H3,(H2,22,26)(H,23,24)(H,25,27). The molecule has 0 aliphatic rings. The Balaban J connectivity index is 1.71. The predicted octanol–water partition coefficient (Wildman–Crippen LogP) is 3.27. The zero-order valence-electron chi connectivity index (χ0n) is 17.0. The van der Waals surface area contributed by atoms with Gasteiger partial charge in [-0.05, 0) is 48.5 Å². The summed E-state index contributed by atoms with van der Waals surface area (Å²) in [6, 6.07) is 13.8. The quantitative estimate of drug-likeness (QED) is 0.412. The molecule has 31 heavy (non-hydrogen) atoms. The number of benzene rings is 2. The summed E-state index contributed by atoms with van der Waals surface area (Å²) in [6.07, 6.45) is 0. The number of amides is 2. The minimum atomic E-state index is -0.740. The number of primary amides is 1. The lowest BCUT2D eigenvalue weighted by Crippen LogP contribution is -2.17. The van der Waals surface area contributed by atoms with Crippen molar-refractivity contribution < 1.29 is 23.8 Å². The molecule has 2 aromatic carbocycles. The van der Waals surface area contributed by atoms with E-state index in [0.717, 1.165) is 17.0 Å². The van der Waals surface area contributed by atoms with E-state index in [9.17, 15) is 9.59 Å². The van der Waals surface area contributed by atoms with E-state index in [0.29, 0.717) is 35.4 Å². The number of methoxy groups -OCH3 is 2. The molecule has 4 N–H and O–H groups in total. The SMILES string of the molecule is COCCOc1ccc(C(=O)Nc2sc(Nc3ccc(OC)cc3)nc2C(N)=O)cc1. The monoisotopic (exact) mass is 442 g/mol. The molecule has 0 atom stereocenters. The first-order valence-electron chi connectivity index (χ1n) is 9.25. The molecule has 1 aromatic heterocycles. The molecular formula is C21H22N4O5S. The van der Waals surface area contributed by atoms with Gasteiger partial charge in [-0.25, -0.2) is 4.98 Å². The number of carbonyl (C=O) groups excluding carboxylic acids is 2. The second-order valence-electron chi connectivity index (χ2n) is 6.23. The maximum absolute atomic E-state index is 12.6. The predicted molar refractivity (Wildman–Crippen MR) is 119 cm³/mol. The Bertz CT molecular complexity index is 1030. The molecule has 2 amide bonds. The van der Waals surface area contributed by atoms with Crippen LogP contribution in [-0.4, -0.2) is 44.2 Å². The number of nitrogens with one attached hydrogen (secondary N) is 2. The lowest BCUT2D eigenvalue weighted by molar-refractivity contribution is 0.0997. The number of anilines is 3. The molecule has 0 fully saturated rings. The highest BCUT2D eigenvalue weighted by Crippen LogP contribution is 2.31. The van der Waals surface area contributed by atoms with Gasteiger partial charge >= 0.3 is 0 Å². The van der Waals surface area contributed by atoms with Gasteiger partial charge < -0.3 is 30.6 Å². The first-order valence-corrected chi connectivity index (χ1v) is 10.1. The van der Waals surface area contributed by atoms with Crippen LogP contribution >= 0.6 is 11.3 Å². The molecule has 3 rings (SSSR count). The fourth-order valence-electron chi connectivity index (χ4n) is 2.54. The molecule has 0 bridgehead atoms. The topological polar surface area (TPSA) is 125 Å². The normalized spacial score (nSPS) is 10.4. The van der Waals surface area contributed by atoms with Crippen LogP contribution in [-0.2, 0) is 4.74 Å². The van der Waals surface area contributed by atoms with Gasteiger partial charge in [-0.2, -0.15) is 0 Å². The summed E-state index contributed by atoms with van der Waals surface area (Å²) in [7, 11) is 3.17. The molecule has 3 aromatic rings. The van der Waals surface area contributed by atoms with Gasteiger partial charge in [0.25, 0.3) is 11.8 Å². The lowest BCUT2D eigenvalue weighted by atomic mass is 10.2. The molecule has 0 saturated carbocycles. The van der Waals surface area contributed by atoms with E-state index in [1.807, 2.05) is 0 Å². The third-order valence-corrected chi connectivity index (χ3v) is 4.99. The van der Waals surface area contributed by atoms with E-state index in [4.69, 9.17) is 19.9 Å². The summed E-state index contributed by atoms with van der Waals surface area (Å²) < 4.78 is 15.5. The summed E-state index contributed by atoms with van der Waals surface area (Å²) >= 11 is 1.11. The number of thiazole rings is 1. The summed E-state index contributed by atoms with van der Waals surface area (Å²) in [5, 5.41) is 6.45. The second kappa shape index (κ2) is 10.4. The van der Waals surface area contributed by atoms with Gasteiger partial charge in [0.15, 0.2) is 10.8 Å². The zero-order chi connectivity index (χ0) is 22.2. The number of rotatable bonds is 10. The van der Waals surface area contributed by atoms with Crippen LogP contribution in [0, 0.1) is 0 Å². The van der Waals surface area contributed by atoms with Crippen molar-refractivity contribution in [1.82, 2.24) is 4.98 Å². The van der Waals surface area contributed by atoms with E-state index in [-0.39, 0.29) is 10.7 Å².